The molecule has 0 spiro atoms. The zero-order valence-corrected chi connectivity index (χ0v) is 16.5. The van der Waals surface area contributed by atoms with Gasteiger partial charge >= 0.3 is 6.03 Å². The van der Waals surface area contributed by atoms with E-state index in [0.717, 1.165) is 50.7 Å². The summed E-state index contributed by atoms with van der Waals surface area (Å²) in [4.78, 5) is 16.9. The minimum absolute atomic E-state index is 0.0420. The maximum Gasteiger partial charge on any atom is 0.314 e. The van der Waals surface area contributed by atoms with E-state index in [4.69, 9.17) is 11.6 Å². The molecule has 26 heavy (non-hydrogen) atoms. The van der Waals surface area contributed by atoms with Crippen molar-refractivity contribution < 1.29 is 4.79 Å². The summed E-state index contributed by atoms with van der Waals surface area (Å²) in [5.74, 6) is 0.499. The topological polar surface area (TPSA) is 47.6 Å². The maximum atomic E-state index is 12.0. The molecule has 144 valence electrons. The van der Waals surface area contributed by atoms with Crippen LogP contribution in [0.5, 0.6) is 0 Å². The first kappa shape index (κ1) is 19.3. The Hall–Kier alpha value is -1.46. The molecule has 2 aliphatic rings. The second kappa shape index (κ2) is 9.47. The van der Waals surface area contributed by atoms with Crippen LogP contribution in [0.3, 0.4) is 0 Å². The number of halogens is 1. The lowest BCUT2D eigenvalue weighted by Gasteiger charge is -2.33. The first-order valence-electron chi connectivity index (χ1n) is 9.88. The van der Waals surface area contributed by atoms with Crippen LogP contribution in [-0.4, -0.2) is 56.2 Å². The molecular formula is C20H31ClN4O. The van der Waals surface area contributed by atoms with Crippen LogP contribution >= 0.6 is 11.6 Å². The number of amides is 2. The van der Waals surface area contributed by atoms with Crippen LogP contribution in [0.25, 0.3) is 0 Å². The van der Waals surface area contributed by atoms with Gasteiger partial charge in [0.05, 0.1) is 0 Å². The van der Waals surface area contributed by atoms with Gasteiger partial charge in [-0.05, 0) is 62.9 Å². The molecular weight excluding hydrogens is 348 g/mol. The fourth-order valence-corrected chi connectivity index (χ4v) is 4.11. The van der Waals surface area contributed by atoms with Crippen molar-refractivity contribution in [2.75, 3.05) is 44.2 Å². The summed E-state index contributed by atoms with van der Waals surface area (Å²) in [6.07, 6.45) is 4.99. The average molecular weight is 379 g/mol. The highest BCUT2D eigenvalue weighted by atomic mass is 35.5. The van der Waals surface area contributed by atoms with E-state index in [9.17, 15) is 4.79 Å². The van der Waals surface area contributed by atoms with Crippen molar-refractivity contribution in [1.29, 1.82) is 0 Å². The molecule has 2 N–H and O–H groups in total. The highest BCUT2D eigenvalue weighted by molar-refractivity contribution is 6.30. The third-order valence-corrected chi connectivity index (χ3v) is 5.91. The smallest absolute Gasteiger partial charge is 0.314 e. The number of carbonyl (C=O) groups is 1. The molecule has 0 bridgehead atoms. The van der Waals surface area contributed by atoms with Crippen molar-refractivity contribution in [2.24, 2.45) is 5.92 Å². The van der Waals surface area contributed by atoms with E-state index in [0.29, 0.717) is 12.0 Å². The van der Waals surface area contributed by atoms with Crippen molar-refractivity contribution >= 4 is 23.3 Å². The summed E-state index contributed by atoms with van der Waals surface area (Å²) >= 11 is 5.95. The van der Waals surface area contributed by atoms with E-state index in [1.165, 1.54) is 24.9 Å². The van der Waals surface area contributed by atoms with Gasteiger partial charge in [0, 0.05) is 49.5 Å². The molecule has 0 aromatic heterocycles. The molecule has 0 unspecified atom stereocenters. The molecule has 0 saturated carbocycles. The Bertz CT molecular complexity index is 580. The third kappa shape index (κ3) is 5.52. The van der Waals surface area contributed by atoms with Crippen LogP contribution < -0.4 is 15.5 Å². The number of nitrogens with one attached hydrogen (secondary N) is 2. The third-order valence-electron chi connectivity index (χ3n) is 5.65. The van der Waals surface area contributed by atoms with Gasteiger partial charge in [-0.25, -0.2) is 4.79 Å². The van der Waals surface area contributed by atoms with Crippen LogP contribution in [0.15, 0.2) is 24.3 Å². The summed E-state index contributed by atoms with van der Waals surface area (Å²) in [6, 6.07) is 8.59. The van der Waals surface area contributed by atoms with Gasteiger partial charge in [-0.15, -0.1) is 0 Å². The fraction of sp³-hybridized carbons (Fsp3) is 0.650. The molecule has 2 saturated heterocycles. The van der Waals surface area contributed by atoms with Crippen LogP contribution in [0.4, 0.5) is 10.5 Å². The monoisotopic (exact) mass is 378 g/mol. The summed E-state index contributed by atoms with van der Waals surface area (Å²) in [6.45, 7) is 7.85. The summed E-state index contributed by atoms with van der Waals surface area (Å²) in [5.41, 5.74) is 1.21. The molecule has 5 nitrogen and oxygen atoms in total. The van der Waals surface area contributed by atoms with Gasteiger partial charge in [-0.1, -0.05) is 18.0 Å². The van der Waals surface area contributed by atoms with Crippen LogP contribution in [0.1, 0.15) is 32.6 Å². The van der Waals surface area contributed by atoms with E-state index in [1.54, 1.807) is 0 Å². The molecule has 3 rings (SSSR count). The van der Waals surface area contributed by atoms with Gasteiger partial charge in [0.1, 0.15) is 0 Å². The summed E-state index contributed by atoms with van der Waals surface area (Å²) in [7, 11) is 0. The SMILES string of the molecule is C[C@H]1CCCCN1CCNC(=O)NC[C@@H]1CCN(c2ccc(Cl)cc2)C1. The number of carbonyl (C=O) groups excluding carboxylic acids is 1. The van der Waals surface area contributed by atoms with Crippen molar-refractivity contribution in [3.8, 4) is 0 Å². The quantitative estimate of drug-likeness (QED) is 0.798. The Morgan fingerprint density at radius 2 is 1.96 bits per heavy atom. The minimum Gasteiger partial charge on any atom is -0.371 e. The van der Waals surface area contributed by atoms with Gasteiger partial charge in [0.25, 0.3) is 0 Å². The molecule has 0 aliphatic carbocycles. The molecule has 2 heterocycles. The number of hydrogen-bond acceptors (Lipinski definition) is 3. The molecule has 6 heteroatoms. The first-order chi connectivity index (χ1) is 12.6. The number of benzene rings is 1. The van der Waals surface area contributed by atoms with Crippen molar-refractivity contribution in [1.82, 2.24) is 15.5 Å². The van der Waals surface area contributed by atoms with E-state index in [-0.39, 0.29) is 6.03 Å². The lowest BCUT2D eigenvalue weighted by Crippen LogP contribution is -2.45. The number of piperidine rings is 1. The van der Waals surface area contributed by atoms with Crippen molar-refractivity contribution in [3.05, 3.63) is 29.3 Å². The van der Waals surface area contributed by atoms with E-state index >= 15 is 0 Å². The number of hydrogen-bond donors (Lipinski definition) is 2. The highest BCUT2D eigenvalue weighted by Crippen LogP contribution is 2.24. The van der Waals surface area contributed by atoms with E-state index in [1.807, 2.05) is 12.1 Å². The molecule has 1 aromatic carbocycles. The van der Waals surface area contributed by atoms with Crippen LogP contribution in [-0.2, 0) is 0 Å². The predicted molar refractivity (Wildman–Crippen MR) is 108 cm³/mol. The van der Waals surface area contributed by atoms with Gasteiger partial charge in [0.2, 0.25) is 0 Å². The average Bonchev–Trinajstić information content (AvgIpc) is 3.11. The number of urea groups is 1. The molecule has 2 fully saturated rings. The number of nitrogens with zero attached hydrogens (tertiary/aromatic N) is 2. The Kier molecular flexibility index (Phi) is 7.03. The second-order valence-corrected chi connectivity index (χ2v) is 8.03. The summed E-state index contributed by atoms with van der Waals surface area (Å²) < 4.78 is 0. The number of likely N-dealkylation sites (tertiary alicyclic amines) is 1. The summed E-state index contributed by atoms with van der Waals surface area (Å²) in [5, 5.41) is 6.81. The van der Waals surface area contributed by atoms with Gasteiger partial charge in [-0.3, -0.25) is 4.90 Å². The molecule has 2 aliphatic heterocycles. The van der Waals surface area contributed by atoms with Crippen molar-refractivity contribution in [3.63, 3.8) is 0 Å². The van der Waals surface area contributed by atoms with Crippen molar-refractivity contribution in [2.45, 2.75) is 38.6 Å². The molecule has 1 aromatic rings. The molecule has 2 amide bonds. The Morgan fingerprint density at radius 1 is 1.15 bits per heavy atom. The Labute approximate surface area is 162 Å². The largest absolute Gasteiger partial charge is 0.371 e. The first-order valence-corrected chi connectivity index (χ1v) is 10.3. The highest BCUT2D eigenvalue weighted by Gasteiger charge is 2.23. The molecule has 2 atom stereocenters. The normalized spacial score (nSPS) is 23.8. The van der Waals surface area contributed by atoms with Gasteiger partial charge in [0.15, 0.2) is 0 Å². The lowest BCUT2D eigenvalue weighted by molar-refractivity contribution is 0.161. The van der Waals surface area contributed by atoms with Gasteiger partial charge in [-0.2, -0.15) is 0 Å². The molecule has 0 radical (unpaired) electrons. The standard InChI is InChI=1S/C20H31ClN4O/c1-16-4-2-3-11-24(16)13-10-22-20(26)23-14-17-9-12-25(15-17)19-7-5-18(21)6-8-19/h5-8,16-17H,2-4,9-15H2,1H3,(H2,22,23,26)/t16-,17-/m0/s1. The zero-order valence-electron chi connectivity index (χ0n) is 15.7. The maximum absolute atomic E-state index is 12.0. The number of anilines is 1. The Balaban J connectivity index is 1.31. The predicted octanol–water partition coefficient (Wildman–Crippen LogP) is 3.34. The fourth-order valence-electron chi connectivity index (χ4n) is 3.99. The van der Waals surface area contributed by atoms with E-state index in [2.05, 4.69) is 39.5 Å². The van der Waals surface area contributed by atoms with Crippen LogP contribution in [0.2, 0.25) is 5.02 Å². The number of rotatable bonds is 6. The minimum atomic E-state index is -0.0420. The second-order valence-electron chi connectivity index (χ2n) is 7.59. The lowest BCUT2D eigenvalue weighted by atomic mass is 10.0. The Morgan fingerprint density at radius 3 is 2.73 bits per heavy atom. The zero-order chi connectivity index (χ0) is 18.4. The van der Waals surface area contributed by atoms with Gasteiger partial charge < -0.3 is 15.5 Å². The van der Waals surface area contributed by atoms with E-state index < -0.39 is 0 Å². The van der Waals surface area contributed by atoms with Crippen LogP contribution in [0, 0.1) is 5.92 Å².